The fourth-order valence-corrected chi connectivity index (χ4v) is 3.11. The van der Waals surface area contributed by atoms with Crippen LogP contribution in [0.25, 0.3) is 0 Å². The Labute approximate surface area is 163 Å². The van der Waals surface area contributed by atoms with E-state index in [1.165, 1.54) is 0 Å². The van der Waals surface area contributed by atoms with Crippen molar-refractivity contribution < 1.29 is 14.0 Å². The van der Waals surface area contributed by atoms with Gasteiger partial charge in [-0.2, -0.15) is 0 Å². The summed E-state index contributed by atoms with van der Waals surface area (Å²) in [5, 5.41) is 8.64. The fraction of sp³-hybridized carbons (Fsp3) is 0.474. The van der Waals surface area contributed by atoms with Crippen molar-refractivity contribution in [1.29, 1.82) is 0 Å². The van der Waals surface area contributed by atoms with E-state index >= 15 is 0 Å². The van der Waals surface area contributed by atoms with Gasteiger partial charge >= 0.3 is 6.01 Å². The van der Waals surface area contributed by atoms with E-state index in [2.05, 4.69) is 10.2 Å². The van der Waals surface area contributed by atoms with Crippen LogP contribution in [-0.2, 0) is 4.79 Å². The molecule has 0 unspecified atom stereocenters. The fourth-order valence-electron chi connectivity index (χ4n) is 2.92. The molecule has 2 aromatic rings. The van der Waals surface area contributed by atoms with E-state index in [4.69, 9.17) is 16.0 Å². The maximum atomic E-state index is 12.4. The summed E-state index contributed by atoms with van der Waals surface area (Å²) in [6.45, 7) is 6.41. The number of piperazine rings is 1. The lowest BCUT2D eigenvalue weighted by Crippen LogP contribution is -2.49. The van der Waals surface area contributed by atoms with Gasteiger partial charge in [0.25, 0.3) is 0 Å². The molecule has 144 valence electrons. The number of ketones is 1. The van der Waals surface area contributed by atoms with E-state index in [1.54, 1.807) is 29.2 Å². The van der Waals surface area contributed by atoms with E-state index in [0.717, 1.165) is 0 Å². The molecule has 1 fully saturated rings. The molecule has 3 rings (SSSR count). The van der Waals surface area contributed by atoms with Crippen molar-refractivity contribution in [2.75, 3.05) is 31.1 Å². The number of rotatable bonds is 6. The maximum absolute atomic E-state index is 12.4. The largest absolute Gasteiger partial charge is 0.408 e. The second-order valence-corrected chi connectivity index (χ2v) is 7.32. The smallest absolute Gasteiger partial charge is 0.318 e. The normalized spacial score (nSPS) is 14.7. The Morgan fingerprint density at radius 2 is 1.89 bits per heavy atom. The SMILES string of the molecule is CC(C)c1nnc(N2CCN(C(=O)CCC(=O)c3cccc(Cl)c3)CC2)o1. The average Bonchev–Trinajstić information content (AvgIpc) is 3.16. The predicted molar refractivity (Wildman–Crippen MR) is 102 cm³/mol. The Kier molecular flexibility index (Phi) is 6.11. The van der Waals surface area contributed by atoms with Gasteiger partial charge in [0, 0.05) is 55.5 Å². The third kappa shape index (κ3) is 4.86. The highest BCUT2D eigenvalue weighted by Gasteiger charge is 2.25. The van der Waals surface area contributed by atoms with E-state index in [0.29, 0.717) is 48.7 Å². The average molecular weight is 391 g/mol. The highest BCUT2D eigenvalue weighted by Crippen LogP contribution is 2.20. The van der Waals surface area contributed by atoms with Gasteiger partial charge in [-0.3, -0.25) is 9.59 Å². The molecule has 1 aliphatic rings. The first-order valence-electron chi connectivity index (χ1n) is 9.09. The van der Waals surface area contributed by atoms with Crippen molar-refractivity contribution in [3.05, 3.63) is 40.7 Å². The molecule has 8 heteroatoms. The van der Waals surface area contributed by atoms with Gasteiger partial charge in [-0.05, 0) is 12.1 Å². The number of aromatic nitrogens is 2. The van der Waals surface area contributed by atoms with Crippen molar-refractivity contribution >= 4 is 29.3 Å². The molecular formula is C19H23ClN4O3. The summed E-state index contributed by atoms with van der Waals surface area (Å²) in [4.78, 5) is 28.4. The topological polar surface area (TPSA) is 79.5 Å². The number of benzene rings is 1. The molecule has 1 amide bonds. The van der Waals surface area contributed by atoms with E-state index in [9.17, 15) is 9.59 Å². The number of nitrogens with zero attached hydrogens (tertiary/aromatic N) is 4. The zero-order chi connectivity index (χ0) is 19.4. The van der Waals surface area contributed by atoms with E-state index < -0.39 is 0 Å². The first-order valence-corrected chi connectivity index (χ1v) is 9.46. The third-order valence-corrected chi connectivity index (χ3v) is 4.77. The highest BCUT2D eigenvalue weighted by atomic mass is 35.5. The summed E-state index contributed by atoms with van der Waals surface area (Å²) >= 11 is 5.91. The molecule has 0 N–H and O–H groups in total. The summed E-state index contributed by atoms with van der Waals surface area (Å²) in [6, 6.07) is 7.30. The lowest BCUT2D eigenvalue weighted by Gasteiger charge is -2.33. The Morgan fingerprint density at radius 1 is 1.15 bits per heavy atom. The molecule has 2 heterocycles. The first kappa shape index (κ1) is 19.4. The van der Waals surface area contributed by atoms with Gasteiger partial charge in [0.1, 0.15) is 0 Å². The number of hydrogen-bond donors (Lipinski definition) is 0. The van der Waals surface area contributed by atoms with Crippen molar-refractivity contribution in [2.24, 2.45) is 0 Å². The molecule has 1 aromatic heterocycles. The number of amides is 1. The van der Waals surface area contributed by atoms with Crippen LogP contribution in [0.15, 0.2) is 28.7 Å². The third-order valence-electron chi connectivity index (χ3n) is 4.54. The lowest BCUT2D eigenvalue weighted by molar-refractivity contribution is -0.131. The maximum Gasteiger partial charge on any atom is 0.318 e. The molecular weight excluding hydrogens is 368 g/mol. The lowest BCUT2D eigenvalue weighted by atomic mass is 10.1. The summed E-state index contributed by atoms with van der Waals surface area (Å²) in [6.07, 6.45) is 0.379. The number of halogens is 1. The minimum atomic E-state index is -0.0726. The van der Waals surface area contributed by atoms with Gasteiger partial charge < -0.3 is 14.2 Å². The van der Waals surface area contributed by atoms with Crippen LogP contribution in [0, 0.1) is 0 Å². The Bertz CT molecular complexity index is 813. The quantitative estimate of drug-likeness (QED) is 0.705. The van der Waals surface area contributed by atoms with Crippen LogP contribution >= 0.6 is 11.6 Å². The van der Waals surface area contributed by atoms with Crippen molar-refractivity contribution in [2.45, 2.75) is 32.6 Å². The molecule has 1 aromatic carbocycles. The van der Waals surface area contributed by atoms with Gasteiger partial charge in [0.2, 0.25) is 11.8 Å². The Morgan fingerprint density at radius 3 is 2.52 bits per heavy atom. The molecule has 0 atom stereocenters. The zero-order valence-electron chi connectivity index (χ0n) is 15.5. The second-order valence-electron chi connectivity index (χ2n) is 6.88. The van der Waals surface area contributed by atoms with Crippen LogP contribution in [0.2, 0.25) is 5.02 Å². The standard InChI is InChI=1S/C19H23ClN4O3/c1-13(2)18-21-22-19(27-18)24-10-8-23(9-11-24)17(26)7-6-16(25)14-4-3-5-15(20)12-14/h3-5,12-13H,6-11H2,1-2H3. The summed E-state index contributed by atoms with van der Waals surface area (Å²) in [5.41, 5.74) is 0.539. The van der Waals surface area contributed by atoms with Crippen LogP contribution in [0.5, 0.6) is 0 Å². The predicted octanol–water partition coefficient (Wildman–Crippen LogP) is 3.16. The van der Waals surface area contributed by atoms with Crippen molar-refractivity contribution in [3.8, 4) is 0 Å². The molecule has 0 radical (unpaired) electrons. The summed E-state index contributed by atoms with van der Waals surface area (Å²) < 4.78 is 5.66. The highest BCUT2D eigenvalue weighted by molar-refractivity contribution is 6.31. The molecule has 0 spiro atoms. The molecule has 0 bridgehead atoms. The van der Waals surface area contributed by atoms with Gasteiger partial charge in [0.05, 0.1) is 0 Å². The van der Waals surface area contributed by atoms with Crippen LogP contribution < -0.4 is 4.90 Å². The van der Waals surface area contributed by atoms with Crippen LogP contribution in [0.3, 0.4) is 0 Å². The van der Waals surface area contributed by atoms with Crippen molar-refractivity contribution in [3.63, 3.8) is 0 Å². The zero-order valence-corrected chi connectivity index (χ0v) is 16.3. The molecule has 1 aliphatic heterocycles. The second kappa shape index (κ2) is 8.52. The number of carbonyl (C=O) groups is 2. The first-order chi connectivity index (χ1) is 12.9. The molecule has 27 heavy (non-hydrogen) atoms. The van der Waals surface area contributed by atoms with Crippen LogP contribution in [0.4, 0.5) is 6.01 Å². The molecule has 1 saturated heterocycles. The summed E-state index contributed by atoms with van der Waals surface area (Å²) in [5.74, 6) is 0.712. The number of Topliss-reactive ketones (excluding diaryl/α,β-unsaturated/α-hetero) is 1. The number of hydrogen-bond acceptors (Lipinski definition) is 6. The molecule has 0 saturated carbocycles. The van der Waals surface area contributed by atoms with E-state index in [-0.39, 0.29) is 30.4 Å². The summed E-state index contributed by atoms with van der Waals surface area (Å²) in [7, 11) is 0. The van der Waals surface area contributed by atoms with Gasteiger partial charge in [-0.25, -0.2) is 0 Å². The Balaban J connectivity index is 1.47. The van der Waals surface area contributed by atoms with Crippen molar-refractivity contribution in [1.82, 2.24) is 15.1 Å². The monoisotopic (exact) mass is 390 g/mol. The van der Waals surface area contributed by atoms with Crippen LogP contribution in [0.1, 0.15) is 48.9 Å². The molecule has 7 nitrogen and oxygen atoms in total. The van der Waals surface area contributed by atoms with Gasteiger partial charge in [-0.15, -0.1) is 5.10 Å². The number of carbonyl (C=O) groups excluding carboxylic acids is 2. The van der Waals surface area contributed by atoms with E-state index in [1.807, 2.05) is 18.7 Å². The number of anilines is 1. The van der Waals surface area contributed by atoms with Gasteiger partial charge in [-0.1, -0.05) is 42.7 Å². The minimum absolute atomic E-state index is 0.0153. The van der Waals surface area contributed by atoms with Crippen LogP contribution in [-0.4, -0.2) is 53.0 Å². The van der Waals surface area contributed by atoms with Gasteiger partial charge in [0.15, 0.2) is 5.78 Å². The Hall–Kier alpha value is -2.41. The molecule has 0 aliphatic carbocycles. The minimum Gasteiger partial charge on any atom is -0.408 e.